The van der Waals surface area contributed by atoms with E-state index in [1.165, 1.54) is 10.8 Å². The molecule has 1 rings (SSSR count). The summed E-state index contributed by atoms with van der Waals surface area (Å²) in [5.41, 5.74) is 6.93. The molecule has 3 heteroatoms. The number of benzene rings is 1. The van der Waals surface area contributed by atoms with Crippen LogP contribution in [0.25, 0.3) is 6.08 Å². The molecular weight excluding hydrogens is 226 g/mol. The molecule has 0 heterocycles. The van der Waals surface area contributed by atoms with Gasteiger partial charge in [-0.1, -0.05) is 41.6 Å². The predicted molar refractivity (Wildman–Crippen MR) is 77.2 cm³/mol. The second-order valence-corrected chi connectivity index (χ2v) is 8.51. The van der Waals surface area contributed by atoms with Gasteiger partial charge in [0.1, 0.15) is 0 Å². The van der Waals surface area contributed by atoms with Crippen LogP contribution in [0.4, 0.5) is 0 Å². The number of hydrogen-bond donors (Lipinski definition) is 1. The zero-order valence-corrected chi connectivity index (χ0v) is 12.1. The zero-order valence-electron chi connectivity index (χ0n) is 11.1. The highest BCUT2D eigenvalue weighted by atomic mass is 28.4. The van der Waals surface area contributed by atoms with E-state index in [-0.39, 0.29) is 0 Å². The number of rotatable bonds is 6. The monoisotopic (exact) mass is 249 g/mol. The van der Waals surface area contributed by atoms with Crippen molar-refractivity contribution < 1.29 is 4.43 Å². The van der Waals surface area contributed by atoms with E-state index in [1.54, 1.807) is 0 Å². The minimum atomic E-state index is -1.76. The largest absolute Gasteiger partial charge is 0.414 e. The molecule has 0 radical (unpaired) electrons. The smallest absolute Gasteiger partial charge is 0.214 e. The molecule has 0 saturated heterocycles. The summed E-state index contributed by atoms with van der Waals surface area (Å²) in [4.78, 5) is 0. The van der Waals surface area contributed by atoms with Crippen molar-refractivity contribution in [3.8, 4) is 0 Å². The Morgan fingerprint density at radius 2 is 1.94 bits per heavy atom. The summed E-state index contributed by atoms with van der Waals surface area (Å²) < 4.78 is 5.93. The van der Waals surface area contributed by atoms with E-state index in [4.69, 9.17) is 10.2 Å². The SMILES string of the molecule is CCO[Si](C)(C)C(=Cc1ccccc1)CCN. The minimum absolute atomic E-state index is 0.683. The predicted octanol–water partition coefficient (Wildman–Crippen LogP) is 3.20. The Labute approximate surface area is 106 Å². The Morgan fingerprint density at radius 3 is 2.47 bits per heavy atom. The van der Waals surface area contributed by atoms with Crippen molar-refractivity contribution in [1.82, 2.24) is 0 Å². The first kappa shape index (κ1) is 14.2. The molecule has 0 spiro atoms. The Morgan fingerprint density at radius 1 is 1.29 bits per heavy atom. The van der Waals surface area contributed by atoms with Gasteiger partial charge < -0.3 is 10.2 Å². The standard InChI is InChI=1S/C14H23NOSi/c1-4-16-17(2,3)14(10-11-15)12-13-8-6-5-7-9-13/h5-9,12H,4,10-11,15H2,1-3H3. The minimum Gasteiger partial charge on any atom is -0.414 e. The van der Waals surface area contributed by atoms with E-state index in [0.717, 1.165) is 13.0 Å². The van der Waals surface area contributed by atoms with Gasteiger partial charge in [-0.2, -0.15) is 0 Å². The van der Waals surface area contributed by atoms with Crippen molar-refractivity contribution in [3.63, 3.8) is 0 Å². The molecule has 1 aromatic carbocycles. The van der Waals surface area contributed by atoms with Crippen molar-refractivity contribution in [2.75, 3.05) is 13.2 Å². The fourth-order valence-corrected chi connectivity index (χ4v) is 4.07. The normalized spacial score (nSPS) is 12.8. The summed E-state index contributed by atoms with van der Waals surface area (Å²) >= 11 is 0. The van der Waals surface area contributed by atoms with E-state index in [9.17, 15) is 0 Å². The van der Waals surface area contributed by atoms with Crippen LogP contribution in [-0.4, -0.2) is 21.5 Å². The first-order chi connectivity index (χ1) is 8.10. The van der Waals surface area contributed by atoms with Crippen LogP contribution < -0.4 is 5.73 Å². The molecule has 0 unspecified atom stereocenters. The Kier molecular flexibility index (Phi) is 5.61. The maximum absolute atomic E-state index is 5.93. The molecular formula is C14H23NOSi. The van der Waals surface area contributed by atoms with Crippen molar-refractivity contribution in [3.05, 3.63) is 41.1 Å². The third kappa shape index (κ3) is 4.46. The quantitative estimate of drug-likeness (QED) is 0.786. The highest BCUT2D eigenvalue weighted by Gasteiger charge is 2.26. The van der Waals surface area contributed by atoms with Gasteiger partial charge in [0.15, 0.2) is 0 Å². The molecule has 17 heavy (non-hydrogen) atoms. The first-order valence-electron chi connectivity index (χ1n) is 6.20. The van der Waals surface area contributed by atoms with Crippen LogP contribution in [0.15, 0.2) is 35.5 Å². The van der Waals surface area contributed by atoms with Crippen LogP contribution in [-0.2, 0) is 4.43 Å². The van der Waals surface area contributed by atoms with Crippen LogP contribution in [0.1, 0.15) is 18.9 Å². The lowest BCUT2D eigenvalue weighted by Crippen LogP contribution is -2.34. The maximum atomic E-state index is 5.93. The second-order valence-electron chi connectivity index (χ2n) is 4.56. The van der Waals surface area contributed by atoms with Gasteiger partial charge in [0.2, 0.25) is 8.32 Å². The molecule has 0 aliphatic rings. The molecule has 1 aromatic rings. The van der Waals surface area contributed by atoms with Gasteiger partial charge in [0, 0.05) is 6.61 Å². The Bertz CT molecular complexity index is 360. The number of nitrogens with two attached hydrogens (primary N) is 1. The average Bonchev–Trinajstić information content (AvgIpc) is 2.30. The highest BCUT2D eigenvalue weighted by molar-refractivity contribution is 6.79. The molecule has 0 bridgehead atoms. The summed E-state index contributed by atoms with van der Waals surface area (Å²) in [7, 11) is -1.76. The van der Waals surface area contributed by atoms with E-state index < -0.39 is 8.32 Å². The van der Waals surface area contributed by atoms with E-state index in [0.29, 0.717) is 6.54 Å². The van der Waals surface area contributed by atoms with E-state index in [2.05, 4.69) is 50.4 Å². The molecule has 0 atom stereocenters. The molecule has 2 nitrogen and oxygen atoms in total. The van der Waals surface area contributed by atoms with Gasteiger partial charge in [-0.05, 0) is 38.5 Å². The third-order valence-electron chi connectivity index (χ3n) is 2.83. The second kappa shape index (κ2) is 6.74. The molecule has 0 aromatic heterocycles. The molecule has 0 fully saturated rings. The lowest BCUT2D eigenvalue weighted by Gasteiger charge is -2.25. The van der Waals surface area contributed by atoms with Crippen molar-refractivity contribution in [2.24, 2.45) is 5.73 Å². The highest BCUT2D eigenvalue weighted by Crippen LogP contribution is 2.22. The van der Waals surface area contributed by atoms with Crippen LogP contribution >= 0.6 is 0 Å². The van der Waals surface area contributed by atoms with Crippen LogP contribution in [0.5, 0.6) is 0 Å². The van der Waals surface area contributed by atoms with E-state index in [1.807, 2.05) is 6.07 Å². The Balaban J connectivity index is 2.96. The summed E-state index contributed by atoms with van der Waals surface area (Å²) in [6, 6.07) is 10.4. The molecule has 0 aliphatic carbocycles. The van der Waals surface area contributed by atoms with Gasteiger partial charge >= 0.3 is 0 Å². The molecule has 0 saturated carbocycles. The average molecular weight is 249 g/mol. The van der Waals surface area contributed by atoms with Gasteiger partial charge in [-0.15, -0.1) is 0 Å². The molecule has 94 valence electrons. The fraction of sp³-hybridized carbons (Fsp3) is 0.429. The molecule has 0 aliphatic heterocycles. The van der Waals surface area contributed by atoms with Gasteiger partial charge in [-0.25, -0.2) is 0 Å². The van der Waals surface area contributed by atoms with Crippen LogP contribution in [0.3, 0.4) is 0 Å². The van der Waals surface area contributed by atoms with Crippen molar-refractivity contribution in [1.29, 1.82) is 0 Å². The van der Waals surface area contributed by atoms with Crippen molar-refractivity contribution >= 4 is 14.4 Å². The summed E-state index contributed by atoms with van der Waals surface area (Å²) in [5, 5.41) is 1.38. The van der Waals surface area contributed by atoms with Gasteiger partial charge in [0.25, 0.3) is 0 Å². The summed E-state index contributed by atoms with van der Waals surface area (Å²) in [6.45, 7) is 7.98. The van der Waals surface area contributed by atoms with Gasteiger partial charge in [0.05, 0.1) is 0 Å². The first-order valence-corrected chi connectivity index (χ1v) is 9.11. The lowest BCUT2D eigenvalue weighted by molar-refractivity contribution is 0.335. The van der Waals surface area contributed by atoms with Gasteiger partial charge in [-0.3, -0.25) is 0 Å². The zero-order chi connectivity index (χ0) is 12.7. The molecule has 2 N–H and O–H groups in total. The van der Waals surface area contributed by atoms with Crippen LogP contribution in [0.2, 0.25) is 13.1 Å². The van der Waals surface area contributed by atoms with Crippen LogP contribution in [0, 0.1) is 0 Å². The molecule has 0 amide bonds. The van der Waals surface area contributed by atoms with E-state index >= 15 is 0 Å². The third-order valence-corrected chi connectivity index (χ3v) is 5.78. The topological polar surface area (TPSA) is 35.2 Å². The van der Waals surface area contributed by atoms with Crippen molar-refractivity contribution in [2.45, 2.75) is 26.4 Å². The lowest BCUT2D eigenvalue weighted by atomic mass is 10.2. The summed E-state index contributed by atoms with van der Waals surface area (Å²) in [5.74, 6) is 0. The summed E-state index contributed by atoms with van der Waals surface area (Å²) in [6.07, 6.45) is 3.17. The number of hydrogen-bond acceptors (Lipinski definition) is 2. The maximum Gasteiger partial charge on any atom is 0.214 e. The Hall–Kier alpha value is -0.903. The fourth-order valence-electron chi connectivity index (χ4n) is 1.91.